The molecule has 0 aliphatic heterocycles. The maximum absolute atomic E-state index is 8.62. The van der Waals surface area contributed by atoms with E-state index >= 15 is 0 Å². The molecular formula is C12H17IO. The number of aliphatic hydroxyl groups excluding tert-OH is 1. The molecule has 0 heterocycles. The van der Waals surface area contributed by atoms with Crippen LogP contribution in [0.15, 0.2) is 24.3 Å². The fourth-order valence-corrected chi connectivity index (χ4v) is 2.09. The highest BCUT2D eigenvalue weighted by atomic mass is 127. The summed E-state index contributed by atoms with van der Waals surface area (Å²) < 4.78 is 1.32. The van der Waals surface area contributed by atoms with Gasteiger partial charge in [-0.3, -0.25) is 0 Å². The van der Waals surface area contributed by atoms with Crippen LogP contribution in [-0.4, -0.2) is 11.7 Å². The fraction of sp³-hybridized carbons (Fsp3) is 0.500. The second kappa shape index (κ2) is 7.23. The van der Waals surface area contributed by atoms with E-state index in [-0.39, 0.29) is 0 Å². The van der Waals surface area contributed by atoms with Crippen LogP contribution in [0.4, 0.5) is 0 Å². The van der Waals surface area contributed by atoms with E-state index in [0.717, 1.165) is 12.8 Å². The Morgan fingerprint density at radius 1 is 1.07 bits per heavy atom. The molecule has 0 aliphatic carbocycles. The van der Waals surface area contributed by atoms with Crippen molar-refractivity contribution >= 4 is 22.6 Å². The molecule has 0 amide bonds. The average molecular weight is 304 g/mol. The maximum atomic E-state index is 8.62. The van der Waals surface area contributed by atoms with E-state index in [1.54, 1.807) is 0 Å². The monoisotopic (exact) mass is 304 g/mol. The van der Waals surface area contributed by atoms with Crippen LogP contribution >= 0.6 is 22.6 Å². The number of benzene rings is 1. The zero-order chi connectivity index (χ0) is 10.2. The predicted molar refractivity (Wildman–Crippen MR) is 68.4 cm³/mol. The van der Waals surface area contributed by atoms with Crippen LogP contribution in [0.1, 0.15) is 31.2 Å². The first-order chi connectivity index (χ1) is 6.83. The minimum absolute atomic E-state index is 0.337. The van der Waals surface area contributed by atoms with Crippen molar-refractivity contribution in [3.63, 3.8) is 0 Å². The maximum Gasteiger partial charge on any atom is 0.0431 e. The first kappa shape index (κ1) is 12.0. The molecule has 0 radical (unpaired) electrons. The van der Waals surface area contributed by atoms with Crippen LogP contribution in [0.3, 0.4) is 0 Å². The summed E-state index contributed by atoms with van der Waals surface area (Å²) in [6.07, 6.45) is 5.74. The fourth-order valence-electron chi connectivity index (χ4n) is 1.49. The topological polar surface area (TPSA) is 20.2 Å². The molecule has 0 atom stereocenters. The zero-order valence-electron chi connectivity index (χ0n) is 8.38. The highest BCUT2D eigenvalue weighted by Gasteiger charge is 1.94. The van der Waals surface area contributed by atoms with Crippen molar-refractivity contribution < 1.29 is 5.11 Å². The lowest BCUT2D eigenvalue weighted by atomic mass is 10.1. The van der Waals surface area contributed by atoms with Gasteiger partial charge in [0.25, 0.3) is 0 Å². The molecule has 1 aromatic rings. The van der Waals surface area contributed by atoms with Gasteiger partial charge in [-0.25, -0.2) is 0 Å². The Bertz CT molecular complexity index is 260. The average Bonchev–Trinajstić information content (AvgIpc) is 2.18. The molecule has 78 valence electrons. The van der Waals surface area contributed by atoms with Crippen molar-refractivity contribution in [3.05, 3.63) is 33.4 Å². The van der Waals surface area contributed by atoms with Crippen molar-refractivity contribution in [2.24, 2.45) is 0 Å². The molecule has 0 bridgehead atoms. The lowest BCUT2D eigenvalue weighted by Gasteiger charge is -2.01. The van der Waals surface area contributed by atoms with E-state index in [4.69, 9.17) is 5.11 Å². The first-order valence-corrected chi connectivity index (χ1v) is 6.26. The van der Waals surface area contributed by atoms with Gasteiger partial charge in [-0.05, 0) is 59.5 Å². The van der Waals surface area contributed by atoms with Gasteiger partial charge >= 0.3 is 0 Å². The van der Waals surface area contributed by atoms with Crippen molar-refractivity contribution in [2.45, 2.75) is 32.1 Å². The standard InChI is InChI=1S/C12H17IO/c13-12-8-5-7-11(10-12)6-3-1-2-4-9-14/h5,7-8,10,14H,1-4,6,9H2. The van der Waals surface area contributed by atoms with Crippen LogP contribution in [-0.2, 0) is 6.42 Å². The minimum Gasteiger partial charge on any atom is -0.396 e. The summed E-state index contributed by atoms with van der Waals surface area (Å²) in [6.45, 7) is 0.337. The molecule has 0 saturated heterocycles. The number of hydrogen-bond donors (Lipinski definition) is 1. The molecule has 0 saturated carbocycles. The smallest absolute Gasteiger partial charge is 0.0431 e. The van der Waals surface area contributed by atoms with Gasteiger partial charge in [-0.15, -0.1) is 0 Å². The number of aliphatic hydroxyl groups is 1. The SMILES string of the molecule is OCCCCCCc1cccc(I)c1. The molecule has 0 aliphatic rings. The summed E-state index contributed by atoms with van der Waals surface area (Å²) in [5.41, 5.74) is 1.43. The molecule has 14 heavy (non-hydrogen) atoms. The summed E-state index contributed by atoms with van der Waals surface area (Å²) >= 11 is 2.35. The van der Waals surface area contributed by atoms with Gasteiger partial charge in [0, 0.05) is 10.2 Å². The summed E-state index contributed by atoms with van der Waals surface area (Å²) in [5, 5.41) is 8.62. The lowest BCUT2D eigenvalue weighted by Crippen LogP contribution is -1.88. The van der Waals surface area contributed by atoms with Crippen molar-refractivity contribution in [1.29, 1.82) is 0 Å². The van der Waals surface area contributed by atoms with E-state index in [9.17, 15) is 0 Å². The lowest BCUT2D eigenvalue weighted by molar-refractivity contribution is 0.282. The van der Waals surface area contributed by atoms with Gasteiger partial charge in [0.05, 0.1) is 0 Å². The third-order valence-corrected chi connectivity index (χ3v) is 2.93. The van der Waals surface area contributed by atoms with Crippen LogP contribution in [0.5, 0.6) is 0 Å². The van der Waals surface area contributed by atoms with Gasteiger partial charge in [0.1, 0.15) is 0 Å². The van der Waals surface area contributed by atoms with E-state index < -0.39 is 0 Å². The molecule has 0 spiro atoms. The van der Waals surface area contributed by atoms with Crippen LogP contribution < -0.4 is 0 Å². The second-order valence-corrected chi connectivity index (χ2v) is 4.76. The molecule has 1 nitrogen and oxygen atoms in total. The number of hydrogen-bond acceptors (Lipinski definition) is 1. The third kappa shape index (κ3) is 4.96. The van der Waals surface area contributed by atoms with Crippen molar-refractivity contribution in [3.8, 4) is 0 Å². The predicted octanol–water partition coefficient (Wildman–Crippen LogP) is 3.39. The van der Waals surface area contributed by atoms with Crippen LogP contribution in [0, 0.1) is 3.57 Å². The van der Waals surface area contributed by atoms with Crippen molar-refractivity contribution in [1.82, 2.24) is 0 Å². The first-order valence-electron chi connectivity index (χ1n) is 5.18. The van der Waals surface area contributed by atoms with E-state index in [1.807, 2.05) is 0 Å². The largest absolute Gasteiger partial charge is 0.396 e. The second-order valence-electron chi connectivity index (χ2n) is 3.52. The van der Waals surface area contributed by atoms with Gasteiger partial charge in [0.15, 0.2) is 0 Å². The Hall–Kier alpha value is -0.0900. The number of unbranched alkanes of at least 4 members (excludes halogenated alkanes) is 3. The minimum atomic E-state index is 0.337. The summed E-state index contributed by atoms with van der Waals surface area (Å²) in [4.78, 5) is 0. The van der Waals surface area contributed by atoms with E-state index in [1.165, 1.54) is 28.4 Å². The summed E-state index contributed by atoms with van der Waals surface area (Å²) in [6, 6.07) is 8.67. The Balaban J connectivity index is 2.18. The Morgan fingerprint density at radius 3 is 2.57 bits per heavy atom. The van der Waals surface area contributed by atoms with Gasteiger partial charge < -0.3 is 5.11 Å². The molecular weight excluding hydrogens is 287 g/mol. The van der Waals surface area contributed by atoms with Crippen molar-refractivity contribution in [2.75, 3.05) is 6.61 Å². The highest BCUT2D eigenvalue weighted by molar-refractivity contribution is 14.1. The third-order valence-electron chi connectivity index (χ3n) is 2.26. The number of aryl methyl sites for hydroxylation is 1. The highest BCUT2D eigenvalue weighted by Crippen LogP contribution is 2.11. The van der Waals surface area contributed by atoms with Crippen LogP contribution in [0.2, 0.25) is 0 Å². The molecule has 2 heteroatoms. The number of halogens is 1. The van der Waals surface area contributed by atoms with Crippen LogP contribution in [0.25, 0.3) is 0 Å². The Kier molecular flexibility index (Phi) is 6.19. The Labute approximate surface area is 99.7 Å². The molecule has 0 aromatic heterocycles. The summed E-state index contributed by atoms with van der Waals surface area (Å²) in [7, 11) is 0. The van der Waals surface area contributed by atoms with Gasteiger partial charge in [-0.2, -0.15) is 0 Å². The van der Waals surface area contributed by atoms with Gasteiger partial charge in [-0.1, -0.05) is 25.0 Å². The summed E-state index contributed by atoms with van der Waals surface area (Å²) in [5.74, 6) is 0. The zero-order valence-corrected chi connectivity index (χ0v) is 10.5. The molecule has 1 N–H and O–H groups in total. The van der Waals surface area contributed by atoms with Gasteiger partial charge in [0.2, 0.25) is 0 Å². The molecule has 0 unspecified atom stereocenters. The van der Waals surface area contributed by atoms with E-state index in [2.05, 4.69) is 46.9 Å². The quantitative estimate of drug-likeness (QED) is 0.631. The molecule has 1 rings (SSSR count). The van der Waals surface area contributed by atoms with E-state index in [0.29, 0.717) is 6.61 Å². The molecule has 1 aromatic carbocycles. The normalized spacial score (nSPS) is 10.4. The molecule has 0 fully saturated rings. The Morgan fingerprint density at radius 2 is 1.86 bits per heavy atom. The number of rotatable bonds is 6.